The van der Waals surface area contributed by atoms with Crippen molar-refractivity contribution in [3.63, 3.8) is 0 Å². The Morgan fingerprint density at radius 1 is 0.588 bits per heavy atom. The van der Waals surface area contributed by atoms with Crippen molar-refractivity contribution in [2.45, 2.75) is 18.0 Å². The Bertz CT molecular complexity index is 2540. The molecule has 1 aromatic heterocycles. The van der Waals surface area contributed by atoms with E-state index in [9.17, 15) is 0 Å². The summed E-state index contributed by atoms with van der Waals surface area (Å²) in [6.45, 7) is 0.860. The molecule has 0 radical (unpaired) electrons. The summed E-state index contributed by atoms with van der Waals surface area (Å²) in [6.07, 6.45) is 2.16. The van der Waals surface area contributed by atoms with Gasteiger partial charge in [0.1, 0.15) is 0 Å². The molecule has 2 aliphatic heterocycles. The summed E-state index contributed by atoms with van der Waals surface area (Å²) in [4.78, 5) is 2.56. The fourth-order valence-electron chi connectivity index (χ4n) is 9.18. The van der Waals surface area contributed by atoms with E-state index in [-0.39, 0.29) is 6.04 Å². The molecule has 0 bridgehead atoms. The molecule has 0 aliphatic carbocycles. The lowest BCUT2D eigenvalue weighted by molar-refractivity contribution is 0.510. The first-order chi connectivity index (χ1) is 25.2. The van der Waals surface area contributed by atoms with Gasteiger partial charge in [-0.15, -0.1) is 0 Å². The van der Waals surface area contributed by atoms with Crippen LogP contribution in [0.15, 0.2) is 182 Å². The van der Waals surface area contributed by atoms with Crippen molar-refractivity contribution in [3.05, 3.63) is 221 Å². The summed E-state index contributed by atoms with van der Waals surface area (Å²) in [5, 5.41) is 6.03. The molecule has 1 atom stereocenters. The number of anilines is 1. The first-order valence-electron chi connectivity index (χ1n) is 17.8. The second-order valence-corrected chi connectivity index (χ2v) is 13.8. The van der Waals surface area contributed by atoms with Crippen LogP contribution in [0.1, 0.15) is 45.0 Å². The van der Waals surface area contributed by atoms with Crippen LogP contribution in [0.5, 0.6) is 0 Å². The molecule has 3 heterocycles. The van der Waals surface area contributed by atoms with Gasteiger partial charge < -0.3 is 14.8 Å². The van der Waals surface area contributed by atoms with Gasteiger partial charge in [-0.1, -0.05) is 152 Å². The van der Waals surface area contributed by atoms with Gasteiger partial charge in [-0.3, -0.25) is 0 Å². The molecule has 0 saturated heterocycles. The molecule has 0 spiro atoms. The van der Waals surface area contributed by atoms with E-state index < -0.39 is 5.41 Å². The van der Waals surface area contributed by atoms with Crippen LogP contribution < -0.4 is 10.2 Å². The van der Waals surface area contributed by atoms with Crippen LogP contribution in [0.4, 0.5) is 5.69 Å². The van der Waals surface area contributed by atoms with Crippen LogP contribution in [-0.2, 0) is 12.0 Å². The maximum Gasteiger partial charge on any atom is 0.0718 e. The van der Waals surface area contributed by atoms with Gasteiger partial charge in [0.2, 0.25) is 0 Å². The number of fused-ring (bicyclic) bond motifs is 6. The third kappa shape index (κ3) is 4.31. The molecule has 0 fully saturated rings. The molecule has 10 rings (SSSR count). The lowest BCUT2D eigenvalue weighted by Gasteiger charge is -2.40. The van der Waals surface area contributed by atoms with Gasteiger partial charge in [0.05, 0.1) is 28.2 Å². The van der Waals surface area contributed by atoms with Crippen molar-refractivity contribution in [2.24, 2.45) is 0 Å². The first kappa shape index (κ1) is 29.6. The van der Waals surface area contributed by atoms with E-state index in [2.05, 4.69) is 204 Å². The van der Waals surface area contributed by atoms with Gasteiger partial charge in [0.15, 0.2) is 0 Å². The van der Waals surface area contributed by atoms with E-state index in [1.165, 1.54) is 72.0 Å². The quantitative estimate of drug-likeness (QED) is 0.199. The fraction of sp³-hybridized carbons (Fsp3) is 0.0833. The Balaban J connectivity index is 1.23. The largest absolute Gasteiger partial charge is 0.386 e. The molecule has 1 unspecified atom stereocenters. The Morgan fingerprint density at radius 2 is 1.22 bits per heavy atom. The maximum absolute atomic E-state index is 3.48. The summed E-state index contributed by atoms with van der Waals surface area (Å²) in [7, 11) is 2.30. The van der Waals surface area contributed by atoms with Crippen molar-refractivity contribution in [1.82, 2.24) is 9.88 Å². The van der Waals surface area contributed by atoms with Gasteiger partial charge in [-0.05, 0) is 63.2 Å². The highest BCUT2D eigenvalue weighted by Gasteiger charge is 2.53. The predicted molar refractivity (Wildman–Crippen MR) is 211 cm³/mol. The zero-order valence-corrected chi connectivity index (χ0v) is 28.5. The number of benzene rings is 7. The molecule has 51 heavy (non-hydrogen) atoms. The third-order valence-corrected chi connectivity index (χ3v) is 11.2. The highest BCUT2D eigenvalue weighted by molar-refractivity contribution is 6.17. The molecule has 7 aromatic carbocycles. The first-order valence-corrected chi connectivity index (χ1v) is 17.8. The highest BCUT2D eigenvalue weighted by Crippen LogP contribution is 2.61. The van der Waals surface area contributed by atoms with Gasteiger partial charge >= 0.3 is 0 Å². The van der Waals surface area contributed by atoms with Crippen molar-refractivity contribution >= 4 is 33.1 Å². The predicted octanol–water partition coefficient (Wildman–Crippen LogP) is 10.8. The minimum absolute atomic E-state index is 0.0331. The molecular formula is C48H37N3. The van der Waals surface area contributed by atoms with Gasteiger partial charge in [0, 0.05) is 41.8 Å². The minimum Gasteiger partial charge on any atom is -0.386 e. The minimum atomic E-state index is -0.439. The lowest BCUT2D eigenvalue weighted by Crippen LogP contribution is -2.38. The van der Waals surface area contributed by atoms with Crippen molar-refractivity contribution in [2.75, 3.05) is 11.9 Å². The SMILES string of the molecule is CN1c2c(ccc3c2c2ccccc2n3-c2ccc(C3=CNCc4ccccc43)cc2)C(c2ccccc2)(c2ccccc2)C1c1ccccc1. The van der Waals surface area contributed by atoms with E-state index in [4.69, 9.17) is 0 Å². The van der Waals surface area contributed by atoms with Crippen molar-refractivity contribution in [1.29, 1.82) is 0 Å². The molecule has 8 aromatic rings. The number of rotatable bonds is 5. The number of likely N-dealkylation sites (N-methyl/N-ethyl adjacent to an activating group) is 1. The third-order valence-electron chi connectivity index (χ3n) is 11.2. The number of hydrogen-bond acceptors (Lipinski definition) is 2. The van der Waals surface area contributed by atoms with E-state index in [1.807, 2.05) is 0 Å². The maximum atomic E-state index is 3.48. The highest BCUT2D eigenvalue weighted by atomic mass is 15.2. The van der Waals surface area contributed by atoms with Crippen LogP contribution in [0.3, 0.4) is 0 Å². The smallest absolute Gasteiger partial charge is 0.0718 e. The summed E-state index contributed by atoms with van der Waals surface area (Å²) >= 11 is 0. The Morgan fingerprint density at radius 3 is 1.94 bits per heavy atom. The molecular weight excluding hydrogens is 619 g/mol. The Labute approximate surface area is 298 Å². The monoisotopic (exact) mass is 655 g/mol. The molecule has 3 heteroatoms. The van der Waals surface area contributed by atoms with Gasteiger partial charge in [-0.2, -0.15) is 0 Å². The average molecular weight is 656 g/mol. The van der Waals surface area contributed by atoms with Crippen LogP contribution in [0.2, 0.25) is 0 Å². The topological polar surface area (TPSA) is 20.2 Å². The van der Waals surface area contributed by atoms with Gasteiger partial charge in [0.25, 0.3) is 0 Å². The van der Waals surface area contributed by atoms with Crippen molar-refractivity contribution in [3.8, 4) is 5.69 Å². The normalized spacial score (nSPS) is 16.1. The number of hydrogen-bond donors (Lipinski definition) is 1. The van der Waals surface area contributed by atoms with E-state index in [0.29, 0.717) is 0 Å². The molecule has 3 nitrogen and oxygen atoms in total. The number of nitrogens with one attached hydrogen (secondary N) is 1. The standard InChI is InChI=1S/C48H37N3/c1-50-46-42(48(36-18-7-3-8-19-36,37-20-9-4-10-21-37)47(50)34-15-5-2-6-16-34)29-30-44-45(46)40-23-13-14-24-43(40)51(44)38-27-25-33(26-28-38)41-32-49-31-35-17-11-12-22-39(35)41/h2-30,32,47,49H,31H2,1H3. The molecule has 244 valence electrons. The van der Waals surface area contributed by atoms with E-state index in [1.54, 1.807) is 0 Å². The zero-order chi connectivity index (χ0) is 33.9. The Kier molecular flexibility index (Phi) is 6.75. The van der Waals surface area contributed by atoms with E-state index in [0.717, 1.165) is 12.2 Å². The van der Waals surface area contributed by atoms with Crippen LogP contribution in [0, 0.1) is 0 Å². The summed E-state index contributed by atoms with van der Waals surface area (Å²) in [5.41, 5.74) is 14.7. The van der Waals surface area contributed by atoms with Crippen LogP contribution in [0.25, 0.3) is 33.1 Å². The fourth-order valence-corrected chi connectivity index (χ4v) is 9.18. The molecule has 1 N–H and O–H groups in total. The molecule has 0 amide bonds. The molecule has 2 aliphatic rings. The lowest BCUT2D eigenvalue weighted by atomic mass is 9.64. The number of aromatic nitrogens is 1. The van der Waals surface area contributed by atoms with Crippen LogP contribution >= 0.6 is 0 Å². The second kappa shape index (κ2) is 11.6. The summed E-state index contributed by atoms with van der Waals surface area (Å²) in [6, 6.07) is 64.9. The Hall–Kier alpha value is -6.32. The average Bonchev–Trinajstić information content (AvgIpc) is 3.68. The van der Waals surface area contributed by atoms with Gasteiger partial charge in [-0.25, -0.2) is 0 Å². The second-order valence-electron chi connectivity index (χ2n) is 13.8. The summed E-state index contributed by atoms with van der Waals surface area (Å²) < 4.78 is 2.45. The number of para-hydroxylation sites is 1. The summed E-state index contributed by atoms with van der Waals surface area (Å²) in [5.74, 6) is 0. The molecule has 0 saturated carbocycles. The van der Waals surface area contributed by atoms with Crippen LogP contribution in [-0.4, -0.2) is 11.6 Å². The number of nitrogens with zero attached hydrogens (tertiary/aromatic N) is 2. The zero-order valence-electron chi connectivity index (χ0n) is 28.5. The van der Waals surface area contributed by atoms with E-state index >= 15 is 0 Å². The van der Waals surface area contributed by atoms with Crippen molar-refractivity contribution < 1.29 is 0 Å².